The molecule has 3 aromatic rings. The molecule has 3 rings (SSSR count). The highest BCUT2D eigenvalue weighted by atomic mass is 16.5. The maximum atomic E-state index is 11.9. The summed E-state index contributed by atoms with van der Waals surface area (Å²) in [6.45, 7) is 3.99. The van der Waals surface area contributed by atoms with Crippen LogP contribution in [0.15, 0.2) is 36.8 Å². The third kappa shape index (κ3) is 2.35. The van der Waals surface area contributed by atoms with Gasteiger partial charge in [0, 0.05) is 11.9 Å². The van der Waals surface area contributed by atoms with Gasteiger partial charge in [0.05, 0.1) is 18.0 Å². The molecule has 3 heterocycles. The summed E-state index contributed by atoms with van der Waals surface area (Å²) in [6.07, 6.45) is 3.28. The molecule has 106 valence electrons. The largest absolute Gasteiger partial charge is 0.461 e. The van der Waals surface area contributed by atoms with Crippen molar-refractivity contribution in [1.29, 1.82) is 0 Å². The molecule has 0 unspecified atom stereocenters. The molecule has 6 nitrogen and oxygen atoms in total. The molecular formula is C15H14N4O2. The van der Waals surface area contributed by atoms with Crippen molar-refractivity contribution in [2.45, 2.75) is 13.8 Å². The van der Waals surface area contributed by atoms with Crippen LogP contribution < -0.4 is 0 Å². The van der Waals surface area contributed by atoms with Gasteiger partial charge in [-0.1, -0.05) is 6.07 Å². The third-order valence-corrected chi connectivity index (χ3v) is 3.09. The average molecular weight is 282 g/mol. The van der Waals surface area contributed by atoms with Crippen molar-refractivity contribution in [3.8, 4) is 11.4 Å². The Balaban J connectivity index is 2.17. The molecule has 0 amide bonds. The summed E-state index contributed by atoms with van der Waals surface area (Å²) in [5.41, 5.74) is 3.07. The average Bonchev–Trinajstić information content (AvgIpc) is 2.93. The van der Waals surface area contributed by atoms with E-state index >= 15 is 0 Å². The van der Waals surface area contributed by atoms with E-state index in [-0.39, 0.29) is 5.69 Å². The van der Waals surface area contributed by atoms with Crippen LogP contribution in [-0.2, 0) is 4.74 Å². The highest BCUT2D eigenvalue weighted by molar-refractivity contribution is 5.94. The summed E-state index contributed by atoms with van der Waals surface area (Å²) in [5.74, 6) is -0.468. The van der Waals surface area contributed by atoms with Crippen LogP contribution in [0.25, 0.3) is 17.0 Å². The SMILES string of the molecule is CCOC(=O)c1ncn2c(C)cc(-c3ccccn3)nc12. The van der Waals surface area contributed by atoms with Gasteiger partial charge >= 0.3 is 5.97 Å². The van der Waals surface area contributed by atoms with Crippen LogP contribution in [-0.4, -0.2) is 31.9 Å². The van der Waals surface area contributed by atoms with Crippen molar-refractivity contribution in [2.75, 3.05) is 6.61 Å². The molecule has 0 aliphatic heterocycles. The van der Waals surface area contributed by atoms with E-state index in [9.17, 15) is 4.79 Å². The van der Waals surface area contributed by atoms with Crippen molar-refractivity contribution < 1.29 is 9.53 Å². The number of aromatic nitrogens is 4. The van der Waals surface area contributed by atoms with Gasteiger partial charge in [-0.3, -0.25) is 9.38 Å². The van der Waals surface area contributed by atoms with E-state index in [1.807, 2.05) is 31.2 Å². The lowest BCUT2D eigenvalue weighted by molar-refractivity contribution is 0.0522. The molecule has 0 saturated carbocycles. The molecular weight excluding hydrogens is 268 g/mol. The van der Waals surface area contributed by atoms with E-state index in [1.165, 1.54) is 0 Å². The number of rotatable bonds is 3. The molecule has 0 saturated heterocycles. The Kier molecular flexibility index (Phi) is 3.35. The van der Waals surface area contributed by atoms with Gasteiger partial charge in [-0.25, -0.2) is 14.8 Å². The van der Waals surface area contributed by atoms with Gasteiger partial charge in [0.2, 0.25) is 0 Å². The molecule has 0 spiro atoms. The number of imidazole rings is 1. The summed E-state index contributed by atoms with van der Waals surface area (Å²) in [6, 6.07) is 7.52. The highest BCUT2D eigenvalue weighted by Gasteiger charge is 2.18. The molecule has 0 fully saturated rings. The zero-order valence-corrected chi connectivity index (χ0v) is 11.8. The molecule has 0 radical (unpaired) electrons. The van der Waals surface area contributed by atoms with Gasteiger partial charge in [0.15, 0.2) is 11.3 Å². The molecule has 0 atom stereocenters. The maximum Gasteiger partial charge on any atom is 0.360 e. The fourth-order valence-electron chi connectivity index (χ4n) is 2.11. The van der Waals surface area contributed by atoms with Gasteiger partial charge in [-0.05, 0) is 32.0 Å². The lowest BCUT2D eigenvalue weighted by Gasteiger charge is -2.05. The Morgan fingerprint density at radius 2 is 2.14 bits per heavy atom. The predicted octanol–water partition coefficient (Wildman–Crippen LogP) is 2.28. The third-order valence-electron chi connectivity index (χ3n) is 3.09. The van der Waals surface area contributed by atoms with Crippen LogP contribution in [0.2, 0.25) is 0 Å². The van der Waals surface area contributed by atoms with Crippen molar-refractivity contribution in [3.63, 3.8) is 0 Å². The zero-order valence-electron chi connectivity index (χ0n) is 11.8. The van der Waals surface area contributed by atoms with Crippen molar-refractivity contribution in [1.82, 2.24) is 19.4 Å². The first kappa shape index (κ1) is 13.2. The number of pyridine rings is 1. The van der Waals surface area contributed by atoms with Crippen LogP contribution >= 0.6 is 0 Å². The van der Waals surface area contributed by atoms with Crippen molar-refractivity contribution in [3.05, 3.63) is 48.2 Å². The van der Waals surface area contributed by atoms with E-state index < -0.39 is 5.97 Å². The summed E-state index contributed by atoms with van der Waals surface area (Å²) in [4.78, 5) is 24.8. The minimum absolute atomic E-state index is 0.220. The van der Waals surface area contributed by atoms with Crippen LogP contribution in [0.3, 0.4) is 0 Å². The number of hydrogen-bond donors (Lipinski definition) is 0. The normalized spacial score (nSPS) is 10.8. The number of aryl methyl sites for hydroxylation is 1. The predicted molar refractivity (Wildman–Crippen MR) is 76.9 cm³/mol. The summed E-state index contributed by atoms with van der Waals surface area (Å²) < 4.78 is 6.77. The standard InChI is InChI=1S/C15H14N4O2/c1-3-21-15(20)13-14-18-12(11-6-4-5-7-16-11)8-10(2)19(14)9-17-13/h4-9H,3H2,1-2H3. The second-order valence-electron chi connectivity index (χ2n) is 4.50. The number of ether oxygens (including phenoxy) is 1. The summed E-state index contributed by atoms with van der Waals surface area (Å²) in [5, 5.41) is 0. The quantitative estimate of drug-likeness (QED) is 0.689. The van der Waals surface area contributed by atoms with Crippen molar-refractivity contribution >= 4 is 11.6 Å². The molecule has 0 N–H and O–H groups in total. The molecule has 0 bridgehead atoms. The van der Waals surface area contributed by atoms with E-state index in [0.29, 0.717) is 17.9 Å². The highest BCUT2D eigenvalue weighted by Crippen LogP contribution is 2.19. The Morgan fingerprint density at radius 3 is 2.86 bits per heavy atom. The molecule has 21 heavy (non-hydrogen) atoms. The Hall–Kier alpha value is -2.76. The van der Waals surface area contributed by atoms with Crippen LogP contribution in [0.4, 0.5) is 0 Å². The number of esters is 1. The maximum absolute atomic E-state index is 11.9. The first-order valence-electron chi connectivity index (χ1n) is 6.64. The topological polar surface area (TPSA) is 69.4 Å². The van der Waals surface area contributed by atoms with E-state index in [2.05, 4.69) is 15.0 Å². The lowest BCUT2D eigenvalue weighted by atomic mass is 10.2. The minimum Gasteiger partial charge on any atom is -0.461 e. The van der Waals surface area contributed by atoms with Gasteiger partial charge < -0.3 is 4.74 Å². The first-order valence-corrected chi connectivity index (χ1v) is 6.64. The van der Waals surface area contributed by atoms with E-state index in [1.54, 1.807) is 23.8 Å². The Bertz CT molecular complexity index is 796. The van der Waals surface area contributed by atoms with Gasteiger partial charge in [-0.2, -0.15) is 0 Å². The number of carbonyl (C=O) groups excluding carboxylic acids is 1. The monoisotopic (exact) mass is 282 g/mol. The van der Waals surface area contributed by atoms with E-state index in [4.69, 9.17) is 4.74 Å². The molecule has 0 aliphatic rings. The smallest absolute Gasteiger partial charge is 0.360 e. The van der Waals surface area contributed by atoms with Crippen LogP contribution in [0.1, 0.15) is 23.1 Å². The second-order valence-corrected chi connectivity index (χ2v) is 4.50. The van der Waals surface area contributed by atoms with Gasteiger partial charge in [0.1, 0.15) is 6.33 Å². The van der Waals surface area contributed by atoms with Crippen LogP contribution in [0.5, 0.6) is 0 Å². The minimum atomic E-state index is -0.468. The van der Waals surface area contributed by atoms with E-state index in [0.717, 1.165) is 11.4 Å². The molecule has 3 aromatic heterocycles. The summed E-state index contributed by atoms with van der Waals surface area (Å²) in [7, 11) is 0. The number of fused-ring (bicyclic) bond motifs is 1. The van der Waals surface area contributed by atoms with Crippen LogP contribution in [0, 0.1) is 6.92 Å². The number of hydrogen-bond acceptors (Lipinski definition) is 5. The fraction of sp³-hybridized carbons (Fsp3) is 0.200. The van der Waals surface area contributed by atoms with Crippen molar-refractivity contribution in [2.24, 2.45) is 0 Å². The fourth-order valence-corrected chi connectivity index (χ4v) is 2.11. The zero-order chi connectivity index (χ0) is 14.8. The first-order chi connectivity index (χ1) is 10.2. The number of nitrogens with zero attached hydrogens (tertiary/aromatic N) is 4. The molecule has 6 heteroatoms. The molecule has 0 aromatic carbocycles. The second kappa shape index (κ2) is 5.32. The summed E-state index contributed by atoms with van der Waals surface area (Å²) >= 11 is 0. The Morgan fingerprint density at radius 1 is 1.29 bits per heavy atom. The Labute approximate surface area is 121 Å². The van der Waals surface area contributed by atoms with Gasteiger partial charge in [0.25, 0.3) is 0 Å². The number of carbonyl (C=O) groups is 1. The van der Waals surface area contributed by atoms with Gasteiger partial charge in [-0.15, -0.1) is 0 Å². The molecule has 0 aliphatic carbocycles. The lowest BCUT2D eigenvalue weighted by Crippen LogP contribution is -2.07.